The number of aliphatic imine (C=N–C) groups is 3. The van der Waals surface area contributed by atoms with Gasteiger partial charge in [0.25, 0.3) is 0 Å². The first-order chi connectivity index (χ1) is 9.49. The topological polar surface area (TPSA) is 114 Å². The number of hydrogen-bond donors (Lipinski definition) is 3. The molecule has 8 nitrogen and oxygen atoms in total. The average Bonchev–Trinajstić information content (AvgIpc) is 2.91. The van der Waals surface area contributed by atoms with Crippen molar-refractivity contribution in [2.24, 2.45) is 15.0 Å². The number of ether oxygens (including phenoxy) is 1. The minimum atomic E-state index is -0.910. The fourth-order valence-corrected chi connectivity index (χ4v) is 3.32. The Morgan fingerprint density at radius 2 is 2.35 bits per heavy atom. The fraction of sp³-hybridized carbons (Fsp3) is 0.636. The van der Waals surface area contributed by atoms with E-state index >= 15 is 0 Å². The molecule has 1 fully saturated rings. The van der Waals surface area contributed by atoms with Crippen molar-refractivity contribution in [2.75, 3.05) is 6.61 Å². The Morgan fingerprint density at radius 1 is 1.60 bits per heavy atom. The number of nitrogens with one attached hydrogen (secondary N) is 1. The zero-order valence-corrected chi connectivity index (χ0v) is 12.6. The van der Waals surface area contributed by atoms with E-state index in [9.17, 15) is 10.2 Å². The van der Waals surface area contributed by atoms with E-state index in [4.69, 9.17) is 10.1 Å². The quantitative estimate of drug-likeness (QED) is 0.517. The van der Waals surface area contributed by atoms with E-state index in [1.807, 2.05) is 0 Å². The summed E-state index contributed by atoms with van der Waals surface area (Å²) < 4.78 is 5.67. The predicted octanol–water partition coefficient (Wildman–Crippen LogP) is -1.73. The van der Waals surface area contributed by atoms with Crippen molar-refractivity contribution in [1.82, 2.24) is 4.90 Å². The molecule has 3 heterocycles. The van der Waals surface area contributed by atoms with Gasteiger partial charge in [0.15, 0.2) is 0 Å². The van der Waals surface area contributed by atoms with Gasteiger partial charge in [0.2, 0.25) is 0 Å². The third kappa shape index (κ3) is 1.78. The van der Waals surface area contributed by atoms with Gasteiger partial charge in [0, 0.05) is 0 Å². The summed E-state index contributed by atoms with van der Waals surface area (Å²) in [4.78, 5) is 13.8. The second-order valence-corrected chi connectivity index (χ2v) is 6.25. The molecular formula is C11H15N5O3Se. The fourth-order valence-electron chi connectivity index (χ4n) is 2.46. The molecule has 1 unspecified atom stereocenters. The molecular weight excluding hydrogens is 329 g/mol. The van der Waals surface area contributed by atoms with Crippen LogP contribution >= 0.6 is 0 Å². The summed E-state index contributed by atoms with van der Waals surface area (Å²) in [5, 5.41) is 27.1. The van der Waals surface area contributed by atoms with Gasteiger partial charge in [-0.2, -0.15) is 0 Å². The third-order valence-electron chi connectivity index (χ3n) is 3.74. The first-order valence-corrected chi connectivity index (χ1v) is 7.23. The molecule has 3 aliphatic heterocycles. The Labute approximate surface area is 123 Å². The van der Waals surface area contributed by atoms with Crippen LogP contribution in [0, 0.1) is 5.41 Å². The van der Waals surface area contributed by atoms with Crippen molar-refractivity contribution in [1.29, 1.82) is 5.41 Å². The molecule has 3 rings (SSSR count). The molecule has 0 saturated carbocycles. The number of aliphatic hydroxyl groups excluding tert-OH is 2. The van der Waals surface area contributed by atoms with Gasteiger partial charge in [0.05, 0.1) is 0 Å². The molecule has 0 amide bonds. The van der Waals surface area contributed by atoms with E-state index < -0.39 is 24.0 Å². The molecule has 0 spiro atoms. The monoisotopic (exact) mass is 345 g/mol. The van der Waals surface area contributed by atoms with Gasteiger partial charge in [-0.05, 0) is 0 Å². The standard InChI is InChI=1S/C11H15N5O3Se/c1-11-9(12)13-3-14-10(11)16(4-15-11)8-7(20)6(18)5(2-17)19-8/h3-8,12,17-18,20H,2H2,1H3/t5-,6-,7-,8-,11?/m1/s1. The van der Waals surface area contributed by atoms with E-state index in [2.05, 4.69) is 31.0 Å². The summed E-state index contributed by atoms with van der Waals surface area (Å²) in [5.41, 5.74) is -0.910. The maximum absolute atomic E-state index is 10.0. The molecule has 0 aromatic rings. The summed E-state index contributed by atoms with van der Waals surface area (Å²) in [5.74, 6) is 0.657. The van der Waals surface area contributed by atoms with E-state index in [1.54, 1.807) is 18.2 Å². The van der Waals surface area contributed by atoms with Crippen molar-refractivity contribution in [3.8, 4) is 0 Å². The molecule has 3 aliphatic rings. The van der Waals surface area contributed by atoms with Crippen LogP contribution in [0.15, 0.2) is 15.0 Å². The predicted molar refractivity (Wildman–Crippen MR) is 75.0 cm³/mol. The first-order valence-electron chi connectivity index (χ1n) is 6.15. The van der Waals surface area contributed by atoms with Gasteiger partial charge in [-0.25, -0.2) is 0 Å². The zero-order valence-electron chi connectivity index (χ0n) is 10.7. The van der Waals surface area contributed by atoms with E-state index in [0.717, 1.165) is 0 Å². The van der Waals surface area contributed by atoms with Gasteiger partial charge in [-0.3, -0.25) is 0 Å². The molecule has 9 heteroatoms. The Balaban J connectivity index is 1.90. The number of hydrogen-bond acceptors (Lipinski definition) is 7. The minimum absolute atomic E-state index is 0.112. The molecule has 0 aromatic carbocycles. The summed E-state index contributed by atoms with van der Waals surface area (Å²) >= 11 is 2.36. The number of amidine groups is 2. The first kappa shape index (κ1) is 13.8. The molecule has 0 bridgehead atoms. The number of rotatable bonds is 2. The molecule has 0 radical (unpaired) electrons. The van der Waals surface area contributed by atoms with Gasteiger partial charge in [-0.15, -0.1) is 0 Å². The molecule has 5 atom stereocenters. The molecule has 0 aromatic heterocycles. The molecule has 0 aliphatic carbocycles. The maximum atomic E-state index is 10.0. The van der Waals surface area contributed by atoms with Crippen LogP contribution in [-0.4, -0.2) is 86.1 Å². The summed E-state index contributed by atoms with van der Waals surface area (Å²) in [6.45, 7) is 1.51. The Morgan fingerprint density at radius 3 is 3.00 bits per heavy atom. The molecule has 20 heavy (non-hydrogen) atoms. The average molecular weight is 344 g/mol. The Bertz CT molecular complexity index is 536. The second kappa shape index (κ2) is 4.71. The van der Waals surface area contributed by atoms with Gasteiger partial charge in [0.1, 0.15) is 0 Å². The number of nitrogens with zero attached hydrogens (tertiary/aromatic N) is 4. The summed E-state index contributed by atoms with van der Waals surface area (Å²) in [6.07, 6.45) is 0.967. The van der Waals surface area contributed by atoms with Crippen molar-refractivity contribution in [3.05, 3.63) is 0 Å². The van der Waals surface area contributed by atoms with Gasteiger partial charge in [-0.1, -0.05) is 0 Å². The number of fused-ring (bicyclic) bond motifs is 1. The SMILES string of the molecule is CC12N=CN([C@@H]3O[C@H](CO)[C@@H](O)[C@H]3[SeH])C1=NC=NC2=N. The normalized spacial score (nSPS) is 43.1. The number of aliphatic hydroxyl groups is 2. The second-order valence-electron chi connectivity index (χ2n) is 5.00. The van der Waals surface area contributed by atoms with Crippen LogP contribution in [0.25, 0.3) is 0 Å². The Kier molecular flexibility index (Phi) is 3.26. The van der Waals surface area contributed by atoms with Crippen LogP contribution in [0.4, 0.5) is 0 Å². The van der Waals surface area contributed by atoms with Gasteiger partial charge < -0.3 is 0 Å². The van der Waals surface area contributed by atoms with E-state index in [1.165, 1.54) is 6.34 Å². The van der Waals surface area contributed by atoms with E-state index in [-0.39, 0.29) is 17.3 Å². The van der Waals surface area contributed by atoms with Crippen LogP contribution in [0.5, 0.6) is 0 Å². The van der Waals surface area contributed by atoms with Gasteiger partial charge >= 0.3 is 123 Å². The molecule has 1 saturated heterocycles. The van der Waals surface area contributed by atoms with Crippen LogP contribution in [0.3, 0.4) is 0 Å². The van der Waals surface area contributed by atoms with Crippen LogP contribution < -0.4 is 0 Å². The van der Waals surface area contributed by atoms with Crippen molar-refractivity contribution in [3.63, 3.8) is 0 Å². The third-order valence-corrected chi connectivity index (χ3v) is 4.92. The van der Waals surface area contributed by atoms with Crippen molar-refractivity contribution < 1.29 is 14.9 Å². The van der Waals surface area contributed by atoms with Crippen LogP contribution in [0.2, 0.25) is 4.82 Å². The summed E-state index contributed by atoms with van der Waals surface area (Å²) in [6, 6.07) is 0. The van der Waals surface area contributed by atoms with Crippen molar-refractivity contribution in [2.45, 2.75) is 35.7 Å². The molecule has 108 valence electrons. The Hall–Kier alpha value is -1.12. The molecule has 3 N–H and O–H groups in total. The van der Waals surface area contributed by atoms with Crippen molar-refractivity contribution >= 4 is 40.4 Å². The van der Waals surface area contributed by atoms with Crippen LogP contribution in [0.1, 0.15) is 6.92 Å². The van der Waals surface area contributed by atoms with Crippen LogP contribution in [-0.2, 0) is 4.74 Å². The van der Waals surface area contributed by atoms with E-state index in [0.29, 0.717) is 5.84 Å². The zero-order chi connectivity index (χ0) is 14.5. The summed E-state index contributed by atoms with van der Waals surface area (Å²) in [7, 11) is 0.